The molecule has 0 heterocycles. The summed E-state index contributed by atoms with van der Waals surface area (Å²) in [5, 5.41) is 4.36. The molecule has 1 rings (SSSR count). The van der Waals surface area contributed by atoms with Crippen LogP contribution in [-0.4, -0.2) is 37.8 Å². The molecule has 0 aromatic rings. The van der Waals surface area contributed by atoms with Crippen molar-refractivity contribution in [2.45, 2.75) is 43.8 Å². The smallest absolute Gasteiger partial charge is 0.0587 e. The molecule has 0 bridgehead atoms. The molecule has 1 N–H and O–H groups in total. The standard InChI is InChI=1S/C12H25NOS/c1-14-10-9-13-8-5-11-15-12-6-3-2-4-7-12/h12-13H,2-11H2,1H3. The summed E-state index contributed by atoms with van der Waals surface area (Å²) in [7, 11) is 1.75. The van der Waals surface area contributed by atoms with Gasteiger partial charge in [0.2, 0.25) is 0 Å². The van der Waals surface area contributed by atoms with E-state index < -0.39 is 0 Å². The molecule has 90 valence electrons. The van der Waals surface area contributed by atoms with Crippen molar-refractivity contribution in [3.05, 3.63) is 0 Å². The average molecular weight is 231 g/mol. The lowest BCUT2D eigenvalue weighted by Crippen LogP contribution is -2.21. The Morgan fingerprint density at radius 2 is 2.00 bits per heavy atom. The van der Waals surface area contributed by atoms with Gasteiger partial charge in [-0.25, -0.2) is 0 Å². The van der Waals surface area contributed by atoms with Gasteiger partial charge >= 0.3 is 0 Å². The third kappa shape index (κ3) is 7.20. The molecule has 0 unspecified atom stereocenters. The number of ether oxygens (including phenoxy) is 1. The van der Waals surface area contributed by atoms with Crippen LogP contribution in [0.2, 0.25) is 0 Å². The molecule has 1 aliphatic carbocycles. The van der Waals surface area contributed by atoms with Crippen LogP contribution in [-0.2, 0) is 4.74 Å². The van der Waals surface area contributed by atoms with Crippen LogP contribution in [0.15, 0.2) is 0 Å². The molecular weight excluding hydrogens is 206 g/mol. The quantitative estimate of drug-likeness (QED) is 0.649. The largest absolute Gasteiger partial charge is 0.383 e. The van der Waals surface area contributed by atoms with Crippen LogP contribution in [0.5, 0.6) is 0 Å². The third-order valence-corrected chi connectivity index (χ3v) is 4.35. The van der Waals surface area contributed by atoms with E-state index in [-0.39, 0.29) is 0 Å². The Morgan fingerprint density at radius 1 is 1.20 bits per heavy atom. The van der Waals surface area contributed by atoms with Crippen LogP contribution >= 0.6 is 11.8 Å². The van der Waals surface area contributed by atoms with Crippen molar-refractivity contribution >= 4 is 11.8 Å². The van der Waals surface area contributed by atoms with Crippen LogP contribution in [0.1, 0.15) is 38.5 Å². The molecule has 0 aromatic heterocycles. The molecule has 0 amide bonds. The molecule has 1 fully saturated rings. The second-order valence-corrected chi connectivity index (χ2v) is 5.64. The fraction of sp³-hybridized carbons (Fsp3) is 1.00. The minimum absolute atomic E-state index is 0.829. The van der Waals surface area contributed by atoms with Crippen LogP contribution in [0.4, 0.5) is 0 Å². The van der Waals surface area contributed by atoms with Gasteiger partial charge in [-0.1, -0.05) is 19.3 Å². The second-order valence-electron chi connectivity index (χ2n) is 4.23. The molecule has 0 radical (unpaired) electrons. The Balaban J connectivity index is 1.79. The Kier molecular flexibility index (Phi) is 8.44. The molecule has 1 aliphatic rings. The highest BCUT2D eigenvalue weighted by Gasteiger charge is 2.12. The first-order valence-corrected chi connectivity index (χ1v) is 7.29. The van der Waals surface area contributed by atoms with Crippen molar-refractivity contribution in [2.75, 3.05) is 32.6 Å². The van der Waals surface area contributed by atoms with Crippen molar-refractivity contribution in [3.8, 4) is 0 Å². The summed E-state index contributed by atoms with van der Waals surface area (Å²) in [4.78, 5) is 0. The fourth-order valence-electron chi connectivity index (χ4n) is 1.98. The normalized spacial score (nSPS) is 18.2. The minimum Gasteiger partial charge on any atom is -0.383 e. The highest BCUT2D eigenvalue weighted by molar-refractivity contribution is 7.99. The van der Waals surface area contributed by atoms with Crippen LogP contribution in [0, 0.1) is 0 Å². The van der Waals surface area contributed by atoms with E-state index in [1.54, 1.807) is 7.11 Å². The van der Waals surface area contributed by atoms with Gasteiger partial charge in [0.25, 0.3) is 0 Å². The average Bonchev–Trinajstić information content (AvgIpc) is 2.29. The predicted molar refractivity (Wildman–Crippen MR) is 68.7 cm³/mol. The summed E-state index contributed by atoms with van der Waals surface area (Å²) >= 11 is 2.19. The number of hydrogen-bond acceptors (Lipinski definition) is 3. The maximum Gasteiger partial charge on any atom is 0.0587 e. The van der Waals surface area contributed by atoms with E-state index in [1.807, 2.05) is 0 Å². The van der Waals surface area contributed by atoms with Gasteiger partial charge in [0.1, 0.15) is 0 Å². The summed E-state index contributed by atoms with van der Waals surface area (Å²) in [6, 6.07) is 0. The molecule has 0 aromatic carbocycles. The minimum atomic E-state index is 0.829. The van der Waals surface area contributed by atoms with Gasteiger partial charge in [0, 0.05) is 18.9 Å². The first-order valence-electron chi connectivity index (χ1n) is 6.24. The summed E-state index contributed by atoms with van der Waals surface area (Å²) in [6.45, 7) is 2.96. The van der Waals surface area contributed by atoms with Crippen molar-refractivity contribution in [1.82, 2.24) is 5.32 Å². The van der Waals surface area contributed by atoms with Crippen LogP contribution in [0.25, 0.3) is 0 Å². The zero-order valence-corrected chi connectivity index (χ0v) is 10.8. The fourth-order valence-corrected chi connectivity index (χ4v) is 3.29. The number of hydrogen-bond donors (Lipinski definition) is 1. The lowest BCUT2D eigenvalue weighted by molar-refractivity contribution is 0.199. The van der Waals surface area contributed by atoms with Crippen LogP contribution in [0.3, 0.4) is 0 Å². The van der Waals surface area contributed by atoms with Gasteiger partial charge in [-0.2, -0.15) is 11.8 Å². The Labute approximate surface area is 98.5 Å². The van der Waals surface area contributed by atoms with Crippen LogP contribution < -0.4 is 5.32 Å². The van der Waals surface area contributed by atoms with Gasteiger partial charge in [-0.3, -0.25) is 0 Å². The Morgan fingerprint density at radius 3 is 2.73 bits per heavy atom. The van der Waals surface area contributed by atoms with E-state index in [9.17, 15) is 0 Å². The van der Waals surface area contributed by atoms with Crippen molar-refractivity contribution in [2.24, 2.45) is 0 Å². The van der Waals surface area contributed by atoms with Crippen molar-refractivity contribution < 1.29 is 4.74 Å². The SMILES string of the molecule is COCCNCCCSC1CCCCC1. The molecule has 0 spiro atoms. The zero-order valence-electron chi connectivity index (χ0n) is 9.96. The lowest BCUT2D eigenvalue weighted by atomic mass is 10.0. The molecular formula is C12H25NOS. The van der Waals surface area contributed by atoms with E-state index in [0.717, 1.165) is 24.9 Å². The third-order valence-electron chi connectivity index (χ3n) is 2.89. The Hall–Kier alpha value is 0.270. The van der Waals surface area contributed by atoms with Gasteiger partial charge in [0.15, 0.2) is 0 Å². The monoisotopic (exact) mass is 231 g/mol. The topological polar surface area (TPSA) is 21.3 Å². The van der Waals surface area contributed by atoms with E-state index in [4.69, 9.17) is 4.74 Å². The number of thioether (sulfide) groups is 1. The van der Waals surface area contributed by atoms with E-state index in [1.165, 1.54) is 44.3 Å². The maximum atomic E-state index is 4.98. The van der Waals surface area contributed by atoms with Gasteiger partial charge in [-0.15, -0.1) is 0 Å². The Bertz CT molecular complexity index is 138. The van der Waals surface area contributed by atoms with E-state index in [0.29, 0.717) is 0 Å². The predicted octanol–water partition coefficient (Wildman–Crippen LogP) is 2.68. The molecule has 0 atom stereocenters. The van der Waals surface area contributed by atoms with Crippen molar-refractivity contribution in [3.63, 3.8) is 0 Å². The molecule has 0 saturated heterocycles. The number of methoxy groups -OCH3 is 1. The molecule has 0 aliphatic heterocycles. The molecule has 3 heteroatoms. The summed E-state index contributed by atoms with van der Waals surface area (Å²) < 4.78 is 4.98. The van der Waals surface area contributed by atoms with E-state index in [2.05, 4.69) is 17.1 Å². The van der Waals surface area contributed by atoms with Gasteiger partial charge in [-0.05, 0) is 31.6 Å². The number of nitrogens with one attached hydrogen (secondary N) is 1. The summed E-state index contributed by atoms with van der Waals surface area (Å²) in [6.07, 6.45) is 8.61. The summed E-state index contributed by atoms with van der Waals surface area (Å²) in [5.74, 6) is 1.32. The maximum absolute atomic E-state index is 4.98. The molecule has 15 heavy (non-hydrogen) atoms. The number of rotatable bonds is 8. The first-order chi connectivity index (χ1) is 7.43. The second kappa shape index (κ2) is 9.49. The van der Waals surface area contributed by atoms with E-state index >= 15 is 0 Å². The molecule has 2 nitrogen and oxygen atoms in total. The highest BCUT2D eigenvalue weighted by Crippen LogP contribution is 2.28. The van der Waals surface area contributed by atoms with Crippen molar-refractivity contribution in [1.29, 1.82) is 0 Å². The molecule has 1 saturated carbocycles. The highest BCUT2D eigenvalue weighted by atomic mass is 32.2. The van der Waals surface area contributed by atoms with Gasteiger partial charge in [0.05, 0.1) is 6.61 Å². The zero-order chi connectivity index (χ0) is 10.8. The first kappa shape index (κ1) is 13.3. The lowest BCUT2D eigenvalue weighted by Gasteiger charge is -2.20. The van der Waals surface area contributed by atoms with Gasteiger partial charge < -0.3 is 10.1 Å². The summed E-state index contributed by atoms with van der Waals surface area (Å²) in [5.41, 5.74) is 0.